The summed E-state index contributed by atoms with van der Waals surface area (Å²) < 4.78 is 0. The van der Waals surface area contributed by atoms with Gasteiger partial charge in [-0.1, -0.05) is 67.6 Å². The Kier molecular flexibility index (Phi) is 4.44. The first-order chi connectivity index (χ1) is 14.1. The molecule has 3 nitrogen and oxygen atoms in total. The molecule has 0 unspecified atom stereocenters. The van der Waals surface area contributed by atoms with E-state index in [9.17, 15) is 5.11 Å². The minimum atomic E-state index is 0.238. The zero-order valence-corrected chi connectivity index (χ0v) is 17.1. The van der Waals surface area contributed by atoms with E-state index >= 15 is 0 Å². The van der Waals surface area contributed by atoms with Gasteiger partial charge in [0.2, 0.25) is 5.13 Å². The van der Waals surface area contributed by atoms with Crippen molar-refractivity contribution in [2.75, 3.05) is 0 Å². The molecule has 4 aromatic rings. The van der Waals surface area contributed by atoms with Crippen molar-refractivity contribution >= 4 is 33.5 Å². The van der Waals surface area contributed by atoms with Crippen LogP contribution in [0.2, 0.25) is 0 Å². The molecule has 0 radical (unpaired) electrons. The van der Waals surface area contributed by atoms with Crippen molar-refractivity contribution < 1.29 is 5.11 Å². The second-order valence-electron chi connectivity index (χ2n) is 8.06. The summed E-state index contributed by atoms with van der Waals surface area (Å²) in [5, 5.41) is 15.2. The van der Waals surface area contributed by atoms with E-state index in [0.29, 0.717) is 5.92 Å². The first-order valence-corrected chi connectivity index (χ1v) is 10.8. The van der Waals surface area contributed by atoms with Crippen LogP contribution in [0.4, 0.5) is 5.13 Å². The van der Waals surface area contributed by atoms with E-state index in [0.717, 1.165) is 40.0 Å². The quantitative estimate of drug-likeness (QED) is 0.394. The van der Waals surface area contributed by atoms with Gasteiger partial charge in [-0.15, -0.1) is 11.3 Å². The van der Waals surface area contributed by atoms with E-state index < -0.39 is 0 Å². The lowest BCUT2D eigenvalue weighted by atomic mass is 9.59. The number of hydrogen-bond donors (Lipinski definition) is 1. The first kappa shape index (κ1) is 18.1. The first-order valence-electron chi connectivity index (χ1n) is 9.88. The predicted octanol–water partition coefficient (Wildman–Crippen LogP) is 6.59. The van der Waals surface area contributed by atoms with E-state index in [2.05, 4.69) is 47.6 Å². The Bertz CT molecular complexity index is 1190. The average molecular weight is 399 g/mol. The molecule has 1 aliphatic carbocycles. The van der Waals surface area contributed by atoms with Crippen molar-refractivity contribution in [1.29, 1.82) is 0 Å². The van der Waals surface area contributed by atoms with Crippen LogP contribution in [0.3, 0.4) is 0 Å². The number of nitrogens with zero attached hydrogens (tertiary/aromatic N) is 2. The molecule has 1 fully saturated rings. The molecule has 0 spiro atoms. The van der Waals surface area contributed by atoms with E-state index in [4.69, 9.17) is 4.98 Å². The zero-order chi connectivity index (χ0) is 19.8. The fourth-order valence-corrected chi connectivity index (χ4v) is 5.12. The number of aromatic nitrogens is 1. The molecule has 5 rings (SSSR count). The van der Waals surface area contributed by atoms with Crippen LogP contribution < -0.4 is 0 Å². The maximum Gasteiger partial charge on any atom is 0.209 e. The standard InChI is InChI=1S/C25H22N2OS/c1-25(19-8-3-2-4-9-19)13-18(14-25)22-16-29-24(27-22)26-15-21-20-10-6-5-7-17(20)11-12-23(21)28/h2-12,15-16,18,28H,13-14H2,1H3/b26-15+. The number of phenolic OH excluding ortho intramolecular Hbond substituents is 1. The third kappa shape index (κ3) is 3.34. The third-order valence-corrected chi connectivity index (χ3v) is 6.81. The molecule has 0 amide bonds. The highest BCUT2D eigenvalue weighted by Crippen LogP contribution is 2.52. The van der Waals surface area contributed by atoms with E-state index in [1.165, 1.54) is 5.56 Å². The second kappa shape index (κ2) is 7.12. The smallest absolute Gasteiger partial charge is 0.209 e. The fourth-order valence-electron chi connectivity index (χ4n) is 4.38. The van der Waals surface area contributed by atoms with Crippen molar-refractivity contribution in [3.05, 3.63) is 88.9 Å². The van der Waals surface area contributed by atoms with Crippen LogP contribution in [0.1, 0.15) is 42.5 Å². The number of phenols is 1. The largest absolute Gasteiger partial charge is 0.507 e. The molecule has 144 valence electrons. The molecular formula is C25H22N2OS. The SMILES string of the molecule is CC1(c2ccccc2)CC(c2csc(/N=C/c3c(O)ccc4ccccc34)n2)C1. The summed E-state index contributed by atoms with van der Waals surface area (Å²) in [6, 6.07) is 22.4. The zero-order valence-electron chi connectivity index (χ0n) is 16.2. The molecule has 1 saturated carbocycles. The third-order valence-electron chi connectivity index (χ3n) is 6.04. The Balaban J connectivity index is 1.34. The highest BCUT2D eigenvalue weighted by Gasteiger charge is 2.42. The van der Waals surface area contributed by atoms with Crippen LogP contribution in [-0.4, -0.2) is 16.3 Å². The molecule has 3 aromatic carbocycles. The summed E-state index contributed by atoms with van der Waals surface area (Å²) in [6.45, 7) is 2.34. The molecule has 1 heterocycles. The maximum absolute atomic E-state index is 10.3. The Hall–Kier alpha value is -2.98. The summed E-state index contributed by atoms with van der Waals surface area (Å²) >= 11 is 1.56. The molecule has 1 N–H and O–H groups in total. The molecular weight excluding hydrogens is 376 g/mol. The van der Waals surface area contributed by atoms with Gasteiger partial charge in [0.1, 0.15) is 5.75 Å². The molecule has 29 heavy (non-hydrogen) atoms. The number of hydrogen-bond acceptors (Lipinski definition) is 4. The van der Waals surface area contributed by atoms with Gasteiger partial charge in [0, 0.05) is 23.1 Å². The van der Waals surface area contributed by atoms with Crippen LogP contribution in [0.25, 0.3) is 10.8 Å². The normalized spacial score (nSPS) is 21.5. The molecule has 1 aromatic heterocycles. The predicted molar refractivity (Wildman–Crippen MR) is 121 cm³/mol. The lowest BCUT2D eigenvalue weighted by Crippen LogP contribution is -2.37. The minimum Gasteiger partial charge on any atom is -0.507 e. The molecule has 0 aliphatic heterocycles. The highest BCUT2D eigenvalue weighted by molar-refractivity contribution is 7.13. The number of aliphatic imine (C=N–C) groups is 1. The number of fused-ring (bicyclic) bond motifs is 1. The van der Waals surface area contributed by atoms with Crippen molar-refractivity contribution in [3.63, 3.8) is 0 Å². The topological polar surface area (TPSA) is 45.5 Å². The highest BCUT2D eigenvalue weighted by atomic mass is 32.1. The number of benzene rings is 3. The maximum atomic E-state index is 10.3. The van der Waals surface area contributed by atoms with Gasteiger partial charge >= 0.3 is 0 Å². The van der Waals surface area contributed by atoms with Crippen molar-refractivity contribution in [2.24, 2.45) is 4.99 Å². The summed E-state index contributed by atoms with van der Waals surface area (Å²) in [5.41, 5.74) is 3.53. The molecule has 0 bridgehead atoms. The molecule has 4 heteroatoms. The Morgan fingerprint density at radius 1 is 1.03 bits per heavy atom. The van der Waals surface area contributed by atoms with Gasteiger partial charge in [0.25, 0.3) is 0 Å². The van der Waals surface area contributed by atoms with Crippen LogP contribution in [0, 0.1) is 0 Å². The number of aromatic hydroxyl groups is 1. The van der Waals surface area contributed by atoms with E-state index in [1.807, 2.05) is 30.3 Å². The van der Waals surface area contributed by atoms with Crippen molar-refractivity contribution in [2.45, 2.75) is 31.1 Å². The van der Waals surface area contributed by atoms with Gasteiger partial charge in [0.05, 0.1) is 5.69 Å². The van der Waals surface area contributed by atoms with E-state index in [1.54, 1.807) is 23.6 Å². The fraction of sp³-hybridized carbons (Fsp3) is 0.200. The van der Waals surface area contributed by atoms with Crippen LogP contribution >= 0.6 is 11.3 Å². The molecule has 1 aliphatic rings. The summed E-state index contributed by atoms with van der Waals surface area (Å²) in [6.07, 6.45) is 3.97. The summed E-state index contributed by atoms with van der Waals surface area (Å²) in [7, 11) is 0. The van der Waals surface area contributed by atoms with Gasteiger partial charge in [-0.2, -0.15) is 0 Å². The number of rotatable bonds is 4. The minimum absolute atomic E-state index is 0.238. The van der Waals surface area contributed by atoms with Crippen LogP contribution in [-0.2, 0) is 5.41 Å². The van der Waals surface area contributed by atoms with Gasteiger partial charge in [-0.3, -0.25) is 0 Å². The van der Waals surface area contributed by atoms with E-state index in [-0.39, 0.29) is 11.2 Å². The van der Waals surface area contributed by atoms with Gasteiger partial charge in [-0.05, 0) is 40.7 Å². The lowest BCUT2D eigenvalue weighted by molar-refractivity contribution is 0.222. The summed E-state index contributed by atoms with van der Waals surface area (Å²) in [4.78, 5) is 9.32. The summed E-state index contributed by atoms with van der Waals surface area (Å²) in [5.74, 6) is 0.730. The number of thiazole rings is 1. The average Bonchev–Trinajstić information content (AvgIpc) is 3.20. The Morgan fingerprint density at radius 2 is 1.79 bits per heavy atom. The van der Waals surface area contributed by atoms with Crippen LogP contribution in [0.5, 0.6) is 5.75 Å². The Labute approximate surface area is 174 Å². The van der Waals surface area contributed by atoms with Crippen LogP contribution in [0.15, 0.2) is 77.1 Å². The second-order valence-corrected chi connectivity index (χ2v) is 8.90. The molecule has 0 saturated heterocycles. The van der Waals surface area contributed by atoms with Gasteiger partial charge in [0.15, 0.2) is 0 Å². The van der Waals surface area contributed by atoms with Crippen molar-refractivity contribution in [1.82, 2.24) is 4.98 Å². The Morgan fingerprint density at radius 3 is 2.62 bits per heavy atom. The van der Waals surface area contributed by atoms with Crippen molar-refractivity contribution in [3.8, 4) is 5.75 Å². The lowest BCUT2D eigenvalue weighted by Gasteiger charge is -2.45. The van der Waals surface area contributed by atoms with Gasteiger partial charge in [-0.25, -0.2) is 9.98 Å². The molecule has 0 atom stereocenters. The monoisotopic (exact) mass is 398 g/mol. The van der Waals surface area contributed by atoms with Gasteiger partial charge < -0.3 is 5.11 Å².